The van der Waals surface area contributed by atoms with Crippen LogP contribution >= 0.6 is 0 Å². The van der Waals surface area contributed by atoms with Crippen molar-refractivity contribution in [3.8, 4) is 0 Å². The predicted octanol–water partition coefficient (Wildman–Crippen LogP) is 2.40. The number of hydrogen-bond acceptors (Lipinski definition) is 3. The molecule has 0 aromatic carbocycles. The van der Waals surface area contributed by atoms with Crippen LogP contribution < -0.4 is 5.73 Å². The van der Waals surface area contributed by atoms with Crippen molar-refractivity contribution in [2.45, 2.75) is 57.4 Å². The molecule has 0 aromatic heterocycles. The third kappa shape index (κ3) is 3.94. The zero-order chi connectivity index (χ0) is 12.8. The molecule has 0 aromatic rings. The standard InChI is InChI=1S/C15H30N2O/c1-18-11-10-17(14-6-7-14)13-15(12-16)8-4-2-3-5-9-15/h14H,2-13,16H2,1H3. The third-order valence-corrected chi connectivity index (χ3v) is 4.78. The van der Waals surface area contributed by atoms with Crippen LogP contribution in [0.25, 0.3) is 0 Å². The van der Waals surface area contributed by atoms with Crippen LogP contribution in [0.3, 0.4) is 0 Å². The molecule has 18 heavy (non-hydrogen) atoms. The lowest BCUT2D eigenvalue weighted by Gasteiger charge is -2.37. The Morgan fingerprint density at radius 3 is 2.33 bits per heavy atom. The van der Waals surface area contributed by atoms with E-state index in [0.717, 1.165) is 25.7 Å². The van der Waals surface area contributed by atoms with Crippen molar-refractivity contribution in [2.24, 2.45) is 11.1 Å². The normalized spacial score (nSPS) is 24.2. The van der Waals surface area contributed by atoms with E-state index in [9.17, 15) is 0 Å². The number of hydrogen-bond donors (Lipinski definition) is 1. The topological polar surface area (TPSA) is 38.5 Å². The minimum Gasteiger partial charge on any atom is -0.383 e. The maximum absolute atomic E-state index is 6.15. The Labute approximate surface area is 112 Å². The van der Waals surface area contributed by atoms with Gasteiger partial charge in [0.15, 0.2) is 0 Å². The molecular formula is C15H30N2O. The molecule has 2 aliphatic carbocycles. The fourth-order valence-corrected chi connectivity index (χ4v) is 3.38. The van der Waals surface area contributed by atoms with Gasteiger partial charge >= 0.3 is 0 Å². The van der Waals surface area contributed by atoms with Gasteiger partial charge in [-0.3, -0.25) is 4.90 Å². The maximum atomic E-state index is 6.15. The van der Waals surface area contributed by atoms with Crippen molar-refractivity contribution in [3.63, 3.8) is 0 Å². The van der Waals surface area contributed by atoms with Gasteiger partial charge in [-0.05, 0) is 37.6 Å². The highest BCUT2D eigenvalue weighted by Crippen LogP contribution is 2.37. The van der Waals surface area contributed by atoms with Crippen molar-refractivity contribution in [2.75, 3.05) is 33.4 Å². The summed E-state index contributed by atoms with van der Waals surface area (Å²) < 4.78 is 5.26. The minimum atomic E-state index is 0.396. The molecule has 0 saturated heterocycles. The molecule has 0 unspecified atom stereocenters. The second-order valence-corrected chi connectivity index (χ2v) is 6.31. The van der Waals surface area contributed by atoms with E-state index in [1.807, 2.05) is 0 Å². The first-order valence-electron chi connectivity index (χ1n) is 7.73. The van der Waals surface area contributed by atoms with Crippen LogP contribution in [0.5, 0.6) is 0 Å². The zero-order valence-corrected chi connectivity index (χ0v) is 12.0. The van der Waals surface area contributed by atoms with Gasteiger partial charge in [-0.1, -0.05) is 25.7 Å². The second kappa shape index (κ2) is 6.88. The molecule has 0 radical (unpaired) electrons. The number of nitrogens with two attached hydrogens (primary N) is 1. The first-order chi connectivity index (χ1) is 8.79. The summed E-state index contributed by atoms with van der Waals surface area (Å²) >= 11 is 0. The van der Waals surface area contributed by atoms with Crippen LogP contribution in [-0.2, 0) is 4.74 Å². The number of nitrogens with zero attached hydrogens (tertiary/aromatic N) is 1. The Morgan fingerprint density at radius 2 is 1.83 bits per heavy atom. The maximum Gasteiger partial charge on any atom is 0.0589 e. The molecule has 0 atom stereocenters. The molecule has 0 aliphatic heterocycles. The Morgan fingerprint density at radius 1 is 1.17 bits per heavy atom. The molecule has 2 rings (SSSR count). The third-order valence-electron chi connectivity index (χ3n) is 4.78. The smallest absolute Gasteiger partial charge is 0.0589 e. The van der Waals surface area contributed by atoms with E-state index < -0.39 is 0 Å². The fraction of sp³-hybridized carbons (Fsp3) is 1.00. The van der Waals surface area contributed by atoms with Gasteiger partial charge in [0, 0.05) is 26.2 Å². The number of ether oxygens (including phenoxy) is 1. The van der Waals surface area contributed by atoms with E-state index in [2.05, 4.69) is 4.90 Å². The fourth-order valence-electron chi connectivity index (χ4n) is 3.38. The van der Waals surface area contributed by atoms with Gasteiger partial charge in [0.2, 0.25) is 0 Å². The molecule has 0 heterocycles. The van der Waals surface area contributed by atoms with Gasteiger partial charge in [0.05, 0.1) is 6.61 Å². The Bertz CT molecular complexity index is 233. The first-order valence-corrected chi connectivity index (χ1v) is 7.73. The summed E-state index contributed by atoms with van der Waals surface area (Å²) in [7, 11) is 1.80. The van der Waals surface area contributed by atoms with E-state index in [0.29, 0.717) is 5.41 Å². The van der Waals surface area contributed by atoms with E-state index in [-0.39, 0.29) is 0 Å². The van der Waals surface area contributed by atoms with E-state index in [1.54, 1.807) is 7.11 Å². The molecular weight excluding hydrogens is 224 g/mol. The second-order valence-electron chi connectivity index (χ2n) is 6.31. The van der Waals surface area contributed by atoms with Crippen LogP contribution in [0.4, 0.5) is 0 Å². The van der Waals surface area contributed by atoms with Crippen molar-refractivity contribution in [3.05, 3.63) is 0 Å². The lowest BCUT2D eigenvalue weighted by Crippen LogP contribution is -2.44. The molecule has 3 nitrogen and oxygen atoms in total. The summed E-state index contributed by atoms with van der Waals surface area (Å²) in [6.45, 7) is 4.01. The largest absolute Gasteiger partial charge is 0.383 e. The van der Waals surface area contributed by atoms with Gasteiger partial charge in [0.25, 0.3) is 0 Å². The lowest BCUT2D eigenvalue weighted by atomic mass is 9.80. The molecule has 2 fully saturated rings. The van der Waals surface area contributed by atoms with Gasteiger partial charge < -0.3 is 10.5 Å². The van der Waals surface area contributed by atoms with Crippen molar-refractivity contribution >= 4 is 0 Å². The molecule has 0 bridgehead atoms. The summed E-state index contributed by atoms with van der Waals surface area (Å²) in [5.74, 6) is 0. The van der Waals surface area contributed by atoms with Gasteiger partial charge in [-0.15, -0.1) is 0 Å². The SMILES string of the molecule is COCCN(CC1(CN)CCCCCC1)C1CC1. The van der Waals surface area contributed by atoms with E-state index in [1.165, 1.54) is 57.9 Å². The van der Waals surface area contributed by atoms with Crippen molar-refractivity contribution in [1.29, 1.82) is 0 Å². The number of methoxy groups -OCH3 is 1. The molecule has 106 valence electrons. The summed E-state index contributed by atoms with van der Waals surface area (Å²) in [5, 5.41) is 0. The quantitative estimate of drug-likeness (QED) is 0.709. The molecule has 2 saturated carbocycles. The van der Waals surface area contributed by atoms with Crippen molar-refractivity contribution < 1.29 is 4.74 Å². The van der Waals surface area contributed by atoms with Crippen LogP contribution in [0.1, 0.15) is 51.4 Å². The van der Waals surface area contributed by atoms with Crippen LogP contribution in [0.2, 0.25) is 0 Å². The van der Waals surface area contributed by atoms with E-state index in [4.69, 9.17) is 10.5 Å². The minimum absolute atomic E-state index is 0.396. The number of rotatable bonds is 7. The van der Waals surface area contributed by atoms with Crippen LogP contribution in [0.15, 0.2) is 0 Å². The van der Waals surface area contributed by atoms with Crippen LogP contribution in [-0.4, -0.2) is 44.3 Å². The Balaban J connectivity index is 1.92. The monoisotopic (exact) mass is 254 g/mol. The summed E-state index contributed by atoms with van der Waals surface area (Å²) in [6.07, 6.45) is 11.0. The van der Waals surface area contributed by atoms with Gasteiger partial charge in [0.1, 0.15) is 0 Å². The summed E-state index contributed by atoms with van der Waals surface area (Å²) in [4.78, 5) is 2.65. The van der Waals surface area contributed by atoms with E-state index >= 15 is 0 Å². The van der Waals surface area contributed by atoms with Gasteiger partial charge in [-0.25, -0.2) is 0 Å². The summed E-state index contributed by atoms with van der Waals surface area (Å²) in [5.41, 5.74) is 6.54. The molecule has 2 N–H and O–H groups in total. The zero-order valence-electron chi connectivity index (χ0n) is 12.0. The van der Waals surface area contributed by atoms with Crippen molar-refractivity contribution in [1.82, 2.24) is 4.90 Å². The molecule has 2 aliphatic rings. The molecule has 3 heteroatoms. The predicted molar refractivity (Wildman–Crippen MR) is 75.7 cm³/mol. The average Bonchev–Trinajstić information content (AvgIpc) is 3.21. The average molecular weight is 254 g/mol. The molecule has 0 amide bonds. The first kappa shape index (κ1) is 14.3. The Kier molecular flexibility index (Phi) is 5.46. The van der Waals surface area contributed by atoms with Gasteiger partial charge in [-0.2, -0.15) is 0 Å². The molecule has 0 spiro atoms. The highest BCUT2D eigenvalue weighted by molar-refractivity contribution is 4.91. The Hall–Kier alpha value is -0.120. The summed E-state index contributed by atoms with van der Waals surface area (Å²) in [6, 6.07) is 0.826. The highest BCUT2D eigenvalue weighted by atomic mass is 16.5. The van der Waals surface area contributed by atoms with Crippen LogP contribution in [0, 0.1) is 5.41 Å². The highest BCUT2D eigenvalue weighted by Gasteiger charge is 2.36. The lowest BCUT2D eigenvalue weighted by molar-refractivity contribution is 0.0934.